The number of fused-ring (bicyclic) bond motifs is 1. The Labute approximate surface area is 183 Å². The van der Waals surface area contributed by atoms with E-state index in [0.29, 0.717) is 17.4 Å². The van der Waals surface area contributed by atoms with E-state index in [1.165, 1.54) is 5.69 Å². The van der Waals surface area contributed by atoms with Crippen LogP contribution in [0.2, 0.25) is 5.02 Å². The lowest BCUT2D eigenvalue weighted by atomic mass is 10.1. The second kappa shape index (κ2) is 8.40. The topological polar surface area (TPSA) is 49.2 Å². The third-order valence-corrected chi connectivity index (χ3v) is 5.46. The van der Waals surface area contributed by atoms with Crippen molar-refractivity contribution in [3.05, 3.63) is 52.4 Å². The first-order valence-electron chi connectivity index (χ1n) is 10.4. The van der Waals surface area contributed by atoms with E-state index in [-0.39, 0.29) is 12.2 Å². The summed E-state index contributed by atoms with van der Waals surface area (Å²) in [5.74, 6) is 1.60. The van der Waals surface area contributed by atoms with Crippen molar-refractivity contribution >= 4 is 11.6 Å². The summed E-state index contributed by atoms with van der Waals surface area (Å²) in [5.41, 5.74) is 6.23. The van der Waals surface area contributed by atoms with Crippen LogP contribution in [0.1, 0.15) is 37.9 Å². The monoisotopic (exact) mass is 425 g/mol. The molecule has 1 aliphatic heterocycles. The molecule has 30 heavy (non-hydrogen) atoms. The maximum absolute atomic E-state index is 6.54. The molecule has 0 saturated heterocycles. The van der Waals surface area contributed by atoms with E-state index in [9.17, 15) is 0 Å². The highest BCUT2D eigenvalue weighted by atomic mass is 35.5. The van der Waals surface area contributed by atoms with E-state index in [4.69, 9.17) is 26.1 Å². The van der Waals surface area contributed by atoms with Gasteiger partial charge in [0.05, 0.1) is 36.1 Å². The van der Waals surface area contributed by atoms with Crippen LogP contribution in [0.4, 0.5) is 0 Å². The van der Waals surface area contributed by atoms with Crippen molar-refractivity contribution in [3.63, 3.8) is 0 Å². The first-order valence-corrected chi connectivity index (χ1v) is 10.8. The van der Waals surface area contributed by atoms with Gasteiger partial charge in [0.2, 0.25) is 0 Å². The van der Waals surface area contributed by atoms with Gasteiger partial charge in [-0.3, -0.25) is 4.98 Å². The number of nitrogens with zero attached hydrogens (tertiary/aromatic N) is 3. The molecule has 0 spiro atoms. The van der Waals surface area contributed by atoms with E-state index in [0.717, 1.165) is 47.0 Å². The van der Waals surface area contributed by atoms with Gasteiger partial charge in [-0.15, -0.1) is 0 Å². The van der Waals surface area contributed by atoms with Crippen molar-refractivity contribution in [2.45, 2.75) is 59.8 Å². The third-order valence-electron chi connectivity index (χ3n) is 5.16. The SMILES string of the molecule is Cc1cc(-c2nc(-c3ccc(OC(C)C)c(Cl)c3)n3c2CCOC(C)C3)cc(C)n1. The minimum absolute atomic E-state index is 0.0683. The van der Waals surface area contributed by atoms with Crippen molar-refractivity contribution in [2.75, 3.05) is 6.61 Å². The first kappa shape index (κ1) is 20.9. The summed E-state index contributed by atoms with van der Waals surface area (Å²) in [6.07, 6.45) is 1.00. The number of hydrogen-bond acceptors (Lipinski definition) is 4. The van der Waals surface area contributed by atoms with Crippen molar-refractivity contribution in [1.29, 1.82) is 0 Å². The summed E-state index contributed by atoms with van der Waals surface area (Å²) < 4.78 is 14.0. The molecule has 1 aliphatic rings. The van der Waals surface area contributed by atoms with Gasteiger partial charge in [0.1, 0.15) is 11.6 Å². The van der Waals surface area contributed by atoms with Gasteiger partial charge in [0, 0.05) is 34.6 Å². The number of aryl methyl sites for hydroxylation is 2. The highest BCUT2D eigenvalue weighted by Crippen LogP contribution is 2.35. The van der Waals surface area contributed by atoms with Gasteiger partial charge in [0.25, 0.3) is 0 Å². The van der Waals surface area contributed by atoms with E-state index < -0.39 is 0 Å². The van der Waals surface area contributed by atoms with Crippen LogP contribution < -0.4 is 4.74 Å². The van der Waals surface area contributed by atoms with E-state index in [1.54, 1.807) is 0 Å². The molecule has 0 bridgehead atoms. The van der Waals surface area contributed by atoms with Gasteiger partial charge in [-0.25, -0.2) is 4.98 Å². The van der Waals surface area contributed by atoms with Crippen LogP contribution in [-0.2, 0) is 17.7 Å². The Morgan fingerprint density at radius 3 is 2.50 bits per heavy atom. The Balaban J connectivity index is 1.86. The summed E-state index contributed by atoms with van der Waals surface area (Å²) in [6, 6.07) is 10.1. The fourth-order valence-electron chi connectivity index (χ4n) is 4.02. The van der Waals surface area contributed by atoms with E-state index >= 15 is 0 Å². The fraction of sp³-hybridized carbons (Fsp3) is 0.417. The van der Waals surface area contributed by atoms with E-state index in [2.05, 4.69) is 28.6 Å². The maximum Gasteiger partial charge on any atom is 0.141 e. The fourth-order valence-corrected chi connectivity index (χ4v) is 4.24. The van der Waals surface area contributed by atoms with Gasteiger partial charge in [-0.05, 0) is 65.0 Å². The number of benzene rings is 1. The smallest absolute Gasteiger partial charge is 0.141 e. The molecular weight excluding hydrogens is 398 g/mol. The van der Waals surface area contributed by atoms with Crippen LogP contribution in [0.5, 0.6) is 5.75 Å². The summed E-state index contributed by atoms with van der Waals surface area (Å²) in [6.45, 7) is 11.6. The number of pyridine rings is 1. The molecule has 0 N–H and O–H groups in total. The molecule has 6 heteroatoms. The minimum Gasteiger partial charge on any atom is -0.489 e. The van der Waals surface area contributed by atoms with Crippen molar-refractivity contribution in [3.8, 4) is 28.4 Å². The average Bonchev–Trinajstić information content (AvgIpc) is 2.89. The van der Waals surface area contributed by atoms with Crippen LogP contribution in [0.3, 0.4) is 0 Å². The van der Waals surface area contributed by atoms with Gasteiger partial charge < -0.3 is 14.0 Å². The quantitative estimate of drug-likeness (QED) is 0.543. The largest absolute Gasteiger partial charge is 0.489 e. The molecule has 0 radical (unpaired) electrons. The Kier molecular flexibility index (Phi) is 5.85. The molecule has 0 fully saturated rings. The molecule has 0 aliphatic carbocycles. The highest BCUT2D eigenvalue weighted by Gasteiger charge is 2.24. The predicted molar refractivity (Wildman–Crippen MR) is 120 cm³/mol. The molecule has 1 unspecified atom stereocenters. The first-order chi connectivity index (χ1) is 14.3. The number of ether oxygens (including phenoxy) is 2. The van der Waals surface area contributed by atoms with Crippen LogP contribution in [-0.4, -0.2) is 33.3 Å². The van der Waals surface area contributed by atoms with Gasteiger partial charge in [-0.2, -0.15) is 0 Å². The van der Waals surface area contributed by atoms with Crippen LogP contribution >= 0.6 is 11.6 Å². The normalized spacial score (nSPS) is 16.4. The number of hydrogen-bond donors (Lipinski definition) is 0. The second-order valence-electron chi connectivity index (χ2n) is 8.22. The van der Waals surface area contributed by atoms with Crippen molar-refractivity contribution in [1.82, 2.24) is 14.5 Å². The lowest BCUT2D eigenvalue weighted by molar-refractivity contribution is 0.0666. The predicted octanol–water partition coefficient (Wildman–Crippen LogP) is 5.63. The molecule has 2 aromatic heterocycles. The molecule has 158 valence electrons. The van der Waals surface area contributed by atoms with Crippen LogP contribution in [0, 0.1) is 13.8 Å². The lowest BCUT2D eigenvalue weighted by Crippen LogP contribution is -2.15. The lowest BCUT2D eigenvalue weighted by Gasteiger charge is -2.14. The minimum atomic E-state index is 0.0683. The van der Waals surface area contributed by atoms with E-state index in [1.807, 2.05) is 45.9 Å². The molecule has 3 aromatic rings. The van der Waals surface area contributed by atoms with Crippen molar-refractivity contribution in [2.24, 2.45) is 0 Å². The average molecular weight is 426 g/mol. The number of imidazole rings is 1. The van der Waals surface area contributed by atoms with Crippen molar-refractivity contribution < 1.29 is 9.47 Å². The molecule has 4 rings (SSSR count). The number of halogens is 1. The summed E-state index contributed by atoms with van der Waals surface area (Å²) in [7, 11) is 0. The summed E-state index contributed by atoms with van der Waals surface area (Å²) >= 11 is 6.54. The summed E-state index contributed by atoms with van der Waals surface area (Å²) in [4.78, 5) is 9.62. The number of rotatable bonds is 4. The molecular formula is C24H28ClN3O2. The zero-order chi connectivity index (χ0) is 21.4. The Bertz CT molecular complexity index is 1050. The zero-order valence-corrected chi connectivity index (χ0v) is 19.0. The van der Waals surface area contributed by atoms with Crippen LogP contribution in [0.15, 0.2) is 30.3 Å². The molecule has 3 heterocycles. The molecule has 1 atom stereocenters. The van der Waals surface area contributed by atoms with Gasteiger partial charge in [-0.1, -0.05) is 11.6 Å². The number of aromatic nitrogens is 3. The standard InChI is InChI=1S/C24H28ClN3O2/c1-14(2)30-22-7-6-18(12-20(22)25)24-27-23(19-10-15(3)26-16(4)11-19)21-8-9-29-17(5)13-28(21)24/h6-7,10-12,14,17H,8-9,13H2,1-5H3. The maximum atomic E-state index is 6.54. The molecule has 5 nitrogen and oxygen atoms in total. The highest BCUT2D eigenvalue weighted by molar-refractivity contribution is 6.32. The second-order valence-corrected chi connectivity index (χ2v) is 8.63. The Morgan fingerprint density at radius 1 is 1.10 bits per heavy atom. The van der Waals surface area contributed by atoms with Gasteiger partial charge in [0.15, 0.2) is 0 Å². The zero-order valence-electron chi connectivity index (χ0n) is 18.2. The molecule has 1 aromatic carbocycles. The van der Waals surface area contributed by atoms with Gasteiger partial charge >= 0.3 is 0 Å². The van der Waals surface area contributed by atoms with Crippen LogP contribution in [0.25, 0.3) is 22.6 Å². The molecule has 0 amide bonds. The summed E-state index contributed by atoms with van der Waals surface area (Å²) in [5, 5.41) is 0.591. The third kappa shape index (κ3) is 4.23. The Hall–Kier alpha value is -2.37. The Morgan fingerprint density at radius 2 is 1.83 bits per heavy atom. The molecule has 0 saturated carbocycles.